The Morgan fingerprint density at radius 2 is 1.81 bits per heavy atom. The summed E-state index contributed by atoms with van der Waals surface area (Å²) in [4.78, 5) is 11.6. The first-order valence-corrected chi connectivity index (χ1v) is 6.61. The Morgan fingerprint density at radius 3 is 2.38 bits per heavy atom. The van der Waals surface area contributed by atoms with Crippen molar-refractivity contribution in [3.63, 3.8) is 0 Å². The molecular formula is C11H20ClN3O. The highest BCUT2D eigenvalue weighted by molar-refractivity contribution is 6.62. The van der Waals surface area contributed by atoms with Crippen molar-refractivity contribution in [1.29, 1.82) is 0 Å². The van der Waals surface area contributed by atoms with Crippen molar-refractivity contribution in [3.8, 4) is 0 Å². The third kappa shape index (κ3) is 2.87. The van der Waals surface area contributed by atoms with Crippen LogP contribution in [0, 0.1) is 0 Å². The molecule has 92 valence electrons. The van der Waals surface area contributed by atoms with Gasteiger partial charge in [0.1, 0.15) is 0 Å². The van der Waals surface area contributed by atoms with E-state index in [1.54, 1.807) is 0 Å². The van der Waals surface area contributed by atoms with Crippen molar-refractivity contribution in [1.82, 2.24) is 15.3 Å². The van der Waals surface area contributed by atoms with Gasteiger partial charge in [0.15, 0.2) is 0 Å². The number of hydrogen-bond donors (Lipinski definition) is 1. The Balaban J connectivity index is 1.99. The number of amides is 1. The zero-order valence-corrected chi connectivity index (χ0v) is 10.4. The maximum Gasteiger partial charge on any atom is 0.331 e. The SMILES string of the molecule is O=C(Cl)N(C1CCNCC1)N1CCCCC1. The van der Waals surface area contributed by atoms with Gasteiger partial charge < -0.3 is 5.32 Å². The van der Waals surface area contributed by atoms with Gasteiger partial charge in [-0.3, -0.25) is 9.80 Å². The fraction of sp³-hybridized carbons (Fsp3) is 0.909. The molecule has 0 atom stereocenters. The second kappa shape index (κ2) is 5.84. The first-order chi connectivity index (χ1) is 7.79. The van der Waals surface area contributed by atoms with E-state index in [-0.39, 0.29) is 5.37 Å². The van der Waals surface area contributed by atoms with Gasteiger partial charge in [-0.25, -0.2) is 5.01 Å². The van der Waals surface area contributed by atoms with Gasteiger partial charge in [-0.2, -0.15) is 0 Å². The van der Waals surface area contributed by atoms with Crippen molar-refractivity contribution < 1.29 is 4.79 Å². The zero-order chi connectivity index (χ0) is 11.4. The van der Waals surface area contributed by atoms with Crippen LogP contribution in [-0.2, 0) is 0 Å². The van der Waals surface area contributed by atoms with Gasteiger partial charge in [0, 0.05) is 13.1 Å². The van der Waals surface area contributed by atoms with Crippen LogP contribution in [-0.4, -0.2) is 47.6 Å². The van der Waals surface area contributed by atoms with Crippen molar-refractivity contribution in [2.45, 2.75) is 38.1 Å². The molecule has 0 spiro atoms. The van der Waals surface area contributed by atoms with E-state index in [2.05, 4.69) is 10.3 Å². The van der Waals surface area contributed by atoms with E-state index in [0.29, 0.717) is 6.04 Å². The van der Waals surface area contributed by atoms with E-state index < -0.39 is 0 Å². The quantitative estimate of drug-likeness (QED) is 0.595. The molecule has 0 aromatic heterocycles. The number of piperidine rings is 2. The predicted octanol–water partition coefficient (Wildman–Crippen LogP) is 1.80. The molecule has 4 nitrogen and oxygen atoms in total. The van der Waals surface area contributed by atoms with E-state index in [1.165, 1.54) is 19.3 Å². The molecule has 5 heteroatoms. The molecule has 0 aliphatic carbocycles. The second-order valence-corrected chi connectivity index (χ2v) is 4.92. The van der Waals surface area contributed by atoms with Crippen molar-refractivity contribution in [3.05, 3.63) is 0 Å². The smallest absolute Gasteiger partial charge is 0.317 e. The Morgan fingerprint density at radius 1 is 1.19 bits per heavy atom. The van der Waals surface area contributed by atoms with Crippen molar-refractivity contribution in [2.24, 2.45) is 0 Å². The summed E-state index contributed by atoms with van der Waals surface area (Å²) >= 11 is 5.74. The summed E-state index contributed by atoms with van der Waals surface area (Å²) in [5.41, 5.74) is 0. The van der Waals surface area contributed by atoms with Crippen LogP contribution in [0.3, 0.4) is 0 Å². The van der Waals surface area contributed by atoms with Crippen LogP contribution in [0.25, 0.3) is 0 Å². The van der Waals surface area contributed by atoms with Crippen molar-refractivity contribution >= 4 is 17.0 Å². The van der Waals surface area contributed by atoms with Gasteiger partial charge in [-0.15, -0.1) is 0 Å². The maximum absolute atomic E-state index is 11.6. The standard InChI is InChI=1S/C11H20ClN3O/c12-11(16)15(10-4-6-13-7-5-10)14-8-2-1-3-9-14/h10,13H,1-9H2. The Hall–Kier alpha value is -0.320. The van der Waals surface area contributed by atoms with Gasteiger partial charge in [0.05, 0.1) is 6.04 Å². The van der Waals surface area contributed by atoms with Crippen LogP contribution in [0.1, 0.15) is 32.1 Å². The molecule has 0 radical (unpaired) electrons. The normalized spacial score (nSPS) is 24.3. The van der Waals surface area contributed by atoms with Crippen LogP contribution in [0.5, 0.6) is 0 Å². The lowest BCUT2D eigenvalue weighted by molar-refractivity contribution is -0.0312. The number of nitrogens with zero attached hydrogens (tertiary/aromatic N) is 2. The lowest BCUT2D eigenvalue weighted by atomic mass is 10.1. The minimum absolute atomic E-state index is 0.296. The average Bonchev–Trinajstić information content (AvgIpc) is 2.31. The molecule has 0 aromatic rings. The molecule has 1 N–H and O–H groups in total. The first kappa shape index (κ1) is 12.1. The van der Waals surface area contributed by atoms with Gasteiger partial charge in [0.2, 0.25) is 0 Å². The first-order valence-electron chi connectivity index (χ1n) is 6.23. The van der Waals surface area contributed by atoms with Crippen LogP contribution in [0.4, 0.5) is 4.79 Å². The Kier molecular flexibility index (Phi) is 4.44. The van der Waals surface area contributed by atoms with E-state index in [4.69, 9.17) is 11.6 Å². The summed E-state index contributed by atoms with van der Waals surface area (Å²) in [6.07, 6.45) is 5.63. The summed E-state index contributed by atoms with van der Waals surface area (Å²) in [7, 11) is 0. The van der Waals surface area contributed by atoms with Gasteiger partial charge in [-0.1, -0.05) is 6.42 Å². The largest absolute Gasteiger partial charge is 0.331 e. The molecule has 2 rings (SSSR count). The number of hydrogen-bond acceptors (Lipinski definition) is 3. The molecule has 0 bridgehead atoms. The molecule has 0 unspecified atom stereocenters. The number of halogens is 1. The monoisotopic (exact) mass is 245 g/mol. The molecule has 16 heavy (non-hydrogen) atoms. The summed E-state index contributed by atoms with van der Waals surface area (Å²) in [5.74, 6) is 0. The molecule has 0 saturated carbocycles. The number of carbonyl (C=O) groups is 1. The van der Waals surface area contributed by atoms with Crippen LogP contribution >= 0.6 is 11.6 Å². The van der Waals surface area contributed by atoms with Crippen LogP contribution in [0.15, 0.2) is 0 Å². The minimum Gasteiger partial charge on any atom is -0.317 e. The lowest BCUT2D eigenvalue weighted by Crippen LogP contribution is -2.54. The molecule has 2 aliphatic rings. The summed E-state index contributed by atoms with van der Waals surface area (Å²) < 4.78 is 0. The van der Waals surface area contributed by atoms with Crippen molar-refractivity contribution in [2.75, 3.05) is 26.2 Å². The van der Waals surface area contributed by atoms with Crippen LogP contribution < -0.4 is 5.32 Å². The average molecular weight is 246 g/mol. The fourth-order valence-electron chi connectivity index (χ4n) is 2.63. The van der Waals surface area contributed by atoms with Crippen LogP contribution in [0.2, 0.25) is 0 Å². The fourth-order valence-corrected chi connectivity index (χ4v) is 2.87. The second-order valence-electron chi connectivity index (χ2n) is 4.59. The Bertz CT molecular complexity index is 219. The summed E-state index contributed by atoms with van der Waals surface area (Å²) in [6, 6.07) is 0.296. The van der Waals surface area contributed by atoms with E-state index in [9.17, 15) is 4.79 Å². The third-order valence-corrected chi connectivity index (χ3v) is 3.65. The number of hydrazine groups is 1. The highest BCUT2D eigenvalue weighted by atomic mass is 35.5. The molecule has 0 aromatic carbocycles. The molecule has 2 fully saturated rings. The Labute approximate surface area is 102 Å². The number of nitrogens with one attached hydrogen (secondary N) is 1. The van der Waals surface area contributed by atoms with E-state index in [1.807, 2.05) is 5.01 Å². The maximum atomic E-state index is 11.6. The molecular weight excluding hydrogens is 226 g/mol. The summed E-state index contributed by atoms with van der Waals surface area (Å²) in [6.45, 7) is 3.92. The number of rotatable bonds is 2. The summed E-state index contributed by atoms with van der Waals surface area (Å²) in [5, 5.41) is 6.96. The molecule has 1 amide bonds. The highest BCUT2D eigenvalue weighted by Crippen LogP contribution is 2.20. The lowest BCUT2D eigenvalue weighted by Gasteiger charge is -2.42. The minimum atomic E-state index is -0.311. The van der Waals surface area contributed by atoms with E-state index >= 15 is 0 Å². The number of carbonyl (C=O) groups excluding carboxylic acids is 1. The van der Waals surface area contributed by atoms with Gasteiger partial charge >= 0.3 is 5.37 Å². The molecule has 2 saturated heterocycles. The highest BCUT2D eigenvalue weighted by Gasteiger charge is 2.30. The molecule has 2 heterocycles. The topological polar surface area (TPSA) is 35.6 Å². The molecule has 2 aliphatic heterocycles. The predicted molar refractivity (Wildman–Crippen MR) is 64.4 cm³/mol. The third-order valence-electron chi connectivity index (χ3n) is 3.47. The van der Waals surface area contributed by atoms with Gasteiger partial charge in [0.25, 0.3) is 0 Å². The van der Waals surface area contributed by atoms with Gasteiger partial charge in [-0.05, 0) is 50.4 Å². The van der Waals surface area contributed by atoms with E-state index in [0.717, 1.165) is 39.0 Å². The zero-order valence-electron chi connectivity index (χ0n) is 9.62.